The van der Waals surface area contributed by atoms with Crippen molar-refractivity contribution in [3.05, 3.63) is 48.4 Å². The van der Waals surface area contributed by atoms with Crippen LogP contribution in [0.2, 0.25) is 0 Å². The van der Waals surface area contributed by atoms with E-state index in [0.717, 1.165) is 0 Å². The molecule has 24 heavy (non-hydrogen) atoms. The highest BCUT2D eigenvalue weighted by molar-refractivity contribution is 7.90. The lowest BCUT2D eigenvalue weighted by molar-refractivity contribution is 0.0939. The van der Waals surface area contributed by atoms with Gasteiger partial charge in [0.2, 0.25) is 0 Å². The van der Waals surface area contributed by atoms with Crippen molar-refractivity contribution in [1.82, 2.24) is 15.3 Å². The fourth-order valence-electron chi connectivity index (χ4n) is 2.02. The Morgan fingerprint density at radius 2 is 2.08 bits per heavy atom. The molecule has 2 N–H and O–H groups in total. The SMILES string of the molecule is CC(CCS(C)(=O)=O)NC(=O)c1cccc(Nc2cnccn2)c1. The van der Waals surface area contributed by atoms with Crippen LogP contribution in [0.1, 0.15) is 23.7 Å². The van der Waals surface area contributed by atoms with Crippen molar-refractivity contribution in [3.63, 3.8) is 0 Å². The Hall–Kier alpha value is -2.48. The summed E-state index contributed by atoms with van der Waals surface area (Å²) in [7, 11) is -3.04. The monoisotopic (exact) mass is 348 g/mol. The van der Waals surface area contributed by atoms with E-state index in [1.54, 1.807) is 43.7 Å². The Morgan fingerprint density at radius 3 is 2.75 bits per heavy atom. The van der Waals surface area contributed by atoms with E-state index in [4.69, 9.17) is 0 Å². The highest BCUT2D eigenvalue weighted by Gasteiger charge is 2.12. The van der Waals surface area contributed by atoms with Crippen LogP contribution in [-0.4, -0.2) is 42.3 Å². The number of hydrogen-bond acceptors (Lipinski definition) is 6. The van der Waals surface area contributed by atoms with Crippen LogP contribution in [0.3, 0.4) is 0 Å². The number of nitrogens with zero attached hydrogens (tertiary/aromatic N) is 2. The van der Waals surface area contributed by atoms with Crippen LogP contribution < -0.4 is 10.6 Å². The molecule has 0 saturated carbocycles. The van der Waals surface area contributed by atoms with Gasteiger partial charge >= 0.3 is 0 Å². The summed E-state index contributed by atoms with van der Waals surface area (Å²) in [4.78, 5) is 20.3. The second-order valence-corrected chi connectivity index (χ2v) is 7.85. The molecule has 0 fully saturated rings. The zero-order valence-electron chi connectivity index (χ0n) is 13.6. The van der Waals surface area contributed by atoms with Crippen molar-refractivity contribution in [3.8, 4) is 0 Å². The van der Waals surface area contributed by atoms with Gasteiger partial charge in [-0.15, -0.1) is 0 Å². The first kappa shape index (κ1) is 17.9. The molecule has 2 aromatic rings. The molecule has 128 valence electrons. The van der Waals surface area contributed by atoms with E-state index in [9.17, 15) is 13.2 Å². The zero-order valence-corrected chi connectivity index (χ0v) is 14.4. The van der Waals surface area contributed by atoms with Gasteiger partial charge in [-0.1, -0.05) is 6.07 Å². The number of hydrogen-bond donors (Lipinski definition) is 2. The molecule has 1 aromatic carbocycles. The average Bonchev–Trinajstić information content (AvgIpc) is 2.53. The molecule has 8 heteroatoms. The molecule has 2 rings (SSSR count). The summed E-state index contributed by atoms with van der Waals surface area (Å²) in [5, 5.41) is 5.87. The summed E-state index contributed by atoms with van der Waals surface area (Å²) in [5.74, 6) is 0.373. The van der Waals surface area contributed by atoms with E-state index >= 15 is 0 Å². The Bertz CT molecular complexity index is 794. The molecule has 0 radical (unpaired) electrons. The Morgan fingerprint density at radius 1 is 1.29 bits per heavy atom. The van der Waals surface area contributed by atoms with Gasteiger partial charge in [-0.25, -0.2) is 13.4 Å². The number of anilines is 2. The van der Waals surface area contributed by atoms with Gasteiger partial charge in [0, 0.05) is 35.9 Å². The summed E-state index contributed by atoms with van der Waals surface area (Å²) in [6, 6.07) is 6.74. The zero-order chi connectivity index (χ0) is 17.6. The lowest BCUT2D eigenvalue weighted by Crippen LogP contribution is -2.33. The van der Waals surface area contributed by atoms with Crippen LogP contribution in [0.4, 0.5) is 11.5 Å². The second-order valence-electron chi connectivity index (χ2n) is 5.59. The molecule has 0 aliphatic rings. The van der Waals surface area contributed by atoms with Crippen molar-refractivity contribution in [2.24, 2.45) is 0 Å². The number of sulfone groups is 1. The maximum atomic E-state index is 12.3. The number of nitrogens with one attached hydrogen (secondary N) is 2. The van der Waals surface area contributed by atoms with Gasteiger partial charge in [-0.2, -0.15) is 0 Å². The number of rotatable bonds is 7. The first-order valence-electron chi connectivity index (χ1n) is 7.45. The molecule has 1 unspecified atom stereocenters. The molecule has 1 atom stereocenters. The molecule has 0 spiro atoms. The quantitative estimate of drug-likeness (QED) is 0.791. The van der Waals surface area contributed by atoms with E-state index in [1.165, 1.54) is 6.26 Å². The third-order valence-electron chi connectivity index (χ3n) is 3.26. The minimum Gasteiger partial charge on any atom is -0.350 e. The number of carbonyl (C=O) groups excluding carboxylic acids is 1. The predicted molar refractivity (Wildman–Crippen MR) is 93.0 cm³/mol. The third kappa shape index (κ3) is 5.96. The van der Waals surface area contributed by atoms with Gasteiger partial charge in [0.15, 0.2) is 0 Å². The summed E-state index contributed by atoms with van der Waals surface area (Å²) in [6.07, 6.45) is 6.29. The minimum absolute atomic E-state index is 0.0444. The number of carbonyl (C=O) groups is 1. The first-order valence-corrected chi connectivity index (χ1v) is 9.51. The van der Waals surface area contributed by atoms with E-state index < -0.39 is 9.84 Å². The van der Waals surface area contributed by atoms with Crippen LogP contribution >= 0.6 is 0 Å². The molecule has 0 aliphatic carbocycles. The smallest absolute Gasteiger partial charge is 0.251 e. The number of benzene rings is 1. The summed E-state index contributed by atoms with van der Waals surface area (Å²) in [6.45, 7) is 1.78. The number of amides is 1. The Balaban J connectivity index is 1.98. The van der Waals surface area contributed by atoms with Gasteiger partial charge in [0.25, 0.3) is 5.91 Å². The summed E-state index contributed by atoms with van der Waals surface area (Å²) >= 11 is 0. The van der Waals surface area contributed by atoms with E-state index in [0.29, 0.717) is 23.5 Å². The van der Waals surface area contributed by atoms with Crippen molar-refractivity contribution in [2.75, 3.05) is 17.3 Å². The lowest BCUT2D eigenvalue weighted by atomic mass is 10.1. The molecule has 1 aromatic heterocycles. The predicted octanol–water partition coefficient (Wildman–Crippen LogP) is 1.77. The van der Waals surface area contributed by atoms with Gasteiger partial charge in [0.1, 0.15) is 15.7 Å². The first-order chi connectivity index (χ1) is 11.3. The lowest BCUT2D eigenvalue weighted by Gasteiger charge is -2.14. The maximum absolute atomic E-state index is 12.3. The molecular weight excluding hydrogens is 328 g/mol. The second kappa shape index (κ2) is 7.87. The van der Waals surface area contributed by atoms with Crippen molar-refractivity contribution >= 4 is 27.2 Å². The van der Waals surface area contributed by atoms with Gasteiger partial charge < -0.3 is 10.6 Å². The normalized spacial score (nSPS) is 12.4. The van der Waals surface area contributed by atoms with Crippen molar-refractivity contribution < 1.29 is 13.2 Å². The molecule has 0 aliphatic heterocycles. The van der Waals surface area contributed by atoms with Crippen LogP contribution in [0.15, 0.2) is 42.9 Å². The average molecular weight is 348 g/mol. The third-order valence-corrected chi connectivity index (χ3v) is 4.24. The molecule has 0 saturated heterocycles. The Kier molecular flexibility index (Phi) is 5.86. The van der Waals surface area contributed by atoms with Gasteiger partial charge in [-0.05, 0) is 31.5 Å². The highest BCUT2D eigenvalue weighted by atomic mass is 32.2. The summed E-state index contributed by atoms with van der Waals surface area (Å²) in [5.41, 5.74) is 1.20. The van der Waals surface area contributed by atoms with Crippen molar-refractivity contribution in [1.29, 1.82) is 0 Å². The maximum Gasteiger partial charge on any atom is 0.251 e. The van der Waals surface area contributed by atoms with Crippen molar-refractivity contribution in [2.45, 2.75) is 19.4 Å². The Labute approximate surface area is 141 Å². The highest BCUT2D eigenvalue weighted by Crippen LogP contribution is 2.15. The molecular formula is C16H20N4O3S. The standard InChI is InChI=1S/C16H20N4O3S/c1-12(6-9-24(2,22)23)19-16(21)13-4-3-5-14(10-13)20-15-11-17-7-8-18-15/h3-5,7-8,10-12H,6,9H2,1-2H3,(H,18,20)(H,19,21). The van der Waals surface area contributed by atoms with Crippen LogP contribution in [0, 0.1) is 0 Å². The van der Waals surface area contributed by atoms with Crippen LogP contribution in [0.25, 0.3) is 0 Å². The summed E-state index contributed by atoms with van der Waals surface area (Å²) < 4.78 is 22.4. The fraction of sp³-hybridized carbons (Fsp3) is 0.312. The molecule has 0 bridgehead atoms. The number of aromatic nitrogens is 2. The van der Waals surface area contributed by atoms with Crippen LogP contribution in [0.5, 0.6) is 0 Å². The fourth-order valence-corrected chi connectivity index (χ4v) is 2.80. The van der Waals surface area contributed by atoms with E-state index in [2.05, 4.69) is 20.6 Å². The van der Waals surface area contributed by atoms with Gasteiger partial charge in [-0.3, -0.25) is 9.78 Å². The molecule has 7 nitrogen and oxygen atoms in total. The van der Waals surface area contributed by atoms with Gasteiger partial charge in [0.05, 0.1) is 11.9 Å². The largest absolute Gasteiger partial charge is 0.350 e. The van der Waals surface area contributed by atoms with Crippen LogP contribution in [-0.2, 0) is 9.84 Å². The molecule has 1 amide bonds. The minimum atomic E-state index is -3.04. The van der Waals surface area contributed by atoms with E-state index in [1.807, 2.05) is 6.07 Å². The topological polar surface area (TPSA) is 101 Å². The van der Waals surface area contributed by atoms with E-state index in [-0.39, 0.29) is 17.7 Å². The molecule has 1 heterocycles.